The van der Waals surface area contributed by atoms with Crippen molar-refractivity contribution in [1.29, 1.82) is 0 Å². The highest BCUT2D eigenvalue weighted by Gasteiger charge is 2.19. The second-order valence-corrected chi connectivity index (χ2v) is 6.56. The summed E-state index contributed by atoms with van der Waals surface area (Å²) in [7, 11) is 0. The van der Waals surface area contributed by atoms with E-state index < -0.39 is 21.7 Å². The van der Waals surface area contributed by atoms with Gasteiger partial charge in [0, 0.05) is 11.8 Å². The lowest BCUT2D eigenvalue weighted by atomic mass is 10.2. The van der Waals surface area contributed by atoms with Gasteiger partial charge in [0.05, 0.1) is 21.2 Å². The molecule has 0 aliphatic heterocycles. The predicted molar refractivity (Wildman–Crippen MR) is 93.1 cm³/mol. The minimum atomic E-state index is -0.951. The first kappa shape index (κ1) is 16.9. The second kappa shape index (κ2) is 6.89. The number of nitrogens with zero attached hydrogens (tertiary/aromatic N) is 2. The number of para-hydroxylation sites is 2. The standard InChI is InChI=1S/C16H13FN4O3S/c1-9(25-16-19-12-4-2-3-5-13(12)20-16)15(22)18-10-6-7-11(17)14(8-10)21(23)24/h2-9H,1H3,(H,18,22)(H,19,20)/t9-/m0/s1. The first-order valence-electron chi connectivity index (χ1n) is 7.30. The highest BCUT2D eigenvalue weighted by molar-refractivity contribution is 8.00. The first-order chi connectivity index (χ1) is 11.9. The highest BCUT2D eigenvalue weighted by atomic mass is 32.2. The van der Waals surface area contributed by atoms with Gasteiger partial charge in [-0.2, -0.15) is 4.39 Å². The van der Waals surface area contributed by atoms with E-state index in [1.54, 1.807) is 6.92 Å². The lowest BCUT2D eigenvalue weighted by molar-refractivity contribution is -0.387. The maximum absolute atomic E-state index is 13.3. The highest BCUT2D eigenvalue weighted by Crippen LogP contribution is 2.26. The van der Waals surface area contributed by atoms with Gasteiger partial charge < -0.3 is 10.3 Å². The fourth-order valence-corrected chi connectivity index (χ4v) is 3.00. The molecule has 128 valence electrons. The Labute approximate surface area is 145 Å². The lowest BCUT2D eigenvalue weighted by Gasteiger charge is -2.10. The molecule has 3 rings (SSSR count). The molecule has 0 radical (unpaired) electrons. The Hall–Kier alpha value is -2.94. The molecular weight excluding hydrogens is 347 g/mol. The summed E-state index contributed by atoms with van der Waals surface area (Å²) in [5, 5.41) is 13.4. The van der Waals surface area contributed by atoms with Gasteiger partial charge in [-0.3, -0.25) is 14.9 Å². The number of halogens is 1. The van der Waals surface area contributed by atoms with Crippen molar-refractivity contribution in [2.75, 3.05) is 5.32 Å². The number of H-pyrrole nitrogens is 1. The maximum Gasteiger partial charge on any atom is 0.306 e. The molecule has 0 fully saturated rings. The molecule has 1 heterocycles. The van der Waals surface area contributed by atoms with Gasteiger partial charge in [0.25, 0.3) is 0 Å². The molecule has 0 spiro atoms. The summed E-state index contributed by atoms with van der Waals surface area (Å²) in [5.74, 6) is -1.32. The van der Waals surface area contributed by atoms with Crippen molar-refractivity contribution in [3.8, 4) is 0 Å². The van der Waals surface area contributed by atoms with Crippen LogP contribution in [0, 0.1) is 15.9 Å². The molecule has 0 bridgehead atoms. The third-order valence-corrected chi connectivity index (χ3v) is 4.42. The van der Waals surface area contributed by atoms with Crippen LogP contribution in [-0.2, 0) is 4.79 Å². The fourth-order valence-electron chi connectivity index (χ4n) is 2.18. The number of hydrogen-bond acceptors (Lipinski definition) is 5. The summed E-state index contributed by atoms with van der Waals surface area (Å²) < 4.78 is 13.3. The zero-order valence-corrected chi connectivity index (χ0v) is 13.8. The minimum absolute atomic E-state index is 0.162. The van der Waals surface area contributed by atoms with Crippen molar-refractivity contribution in [2.45, 2.75) is 17.3 Å². The molecule has 0 saturated heterocycles. The molecule has 7 nitrogen and oxygen atoms in total. The number of amides is 1. The van der Waals surface area contributed by atoms with E-state index in [0.29, 0.717) is 5.16 Å². The van der Waals surface area contributed by atoms with E-state index in [1.807, 2.05) is 24.3 Å². The number of aromatic amines is 1. The zero-order valence-electron chi connectivity index (χ0n) is 13.0. The van der Waals surface area contributed by atoms with E-state index in [1.165, 1.54) is 17.8 Å². The number of rotatable bonds is 5. The van der Waals surface area contributed by atoms with Crippen LogP contribution < -0.4 is 5.32 Å². The van der Waals surface area contributed by atoms with Gasteiger partial charge >= 0.3 is 5.69 Å². The number of hydrogen-bond donors (Lipinski definition) is 2. The summed E-state index contributed by atoms with van der Waals surface area (Å²) in [6.07, 6.45) is 0. The van der Waals surface area contributed by atoms with Crippen LogP contribution >= 0.6 is 11.8 Å². The Bertz CT molecular complexity index is 926. The van der Waals surface area contributed by atoms with Gasteiger partial charge in [-0.15, -0.1) is 0 Å². The predicted octanol–water partition coefficient (Wildman–Crippen LogP) is 3.73. The molecule has 2 N–H and O–H groups in total. The van der Waals surface area contributed by atoms with Crippen LogP contribution in [0.1, 0.15) is 6.92 Å². The van der Waals surface area contributed by atoms with Crippen LogP contribution in [0.15, 0.2) is 47.6 Å². The van der Waals surface area contributed by atoms with Crippen LogP contribution in [-0.4, -0.2) is 26.0 Å². The number of fused-ring (bicyclic) bond motifs is 1. The largest absolute Gasteiger partial charge is 0.333 e. The molecule has 0 unspecified atom stereocenters. The Morgan fingerprint density at radius 1 is 1.36 bits per heavy atom. The number of thioether (sulfide) groups is 1. The van der Waals surface area contributed by atoms with Crippen molar-refractivity contribution < 1.29 is 14.1 Å². The summed E-state index contributed by atoms with van der Waals surface area (Å²) in [5.41, 5.74) is 1.14. The quantitative estimate of drug-likeness (QED) is 0.410. The molecule has 0 saturated carbocycles. The number of carbonyl (C=O) groups is 1. The van der Waals surface area contributed by atoms with E-state index in [-0.39, 0.29) is 11.6 Å². The van der Waals surface area contributed by atoms with Gasteiger partial charge in [-0.1, -0.05) is 23.9 Å². The SMILES string of the molecule is C[C@H](Sc1nc2ccccc2[nH]1)C(=O)Nc1ccc(F)c([N+](=O)[O-])c1. The number of carbonyl (C=O) groups excluding carboxylic acids is 1. The molecule has 9 heteroatoms. The van der Waals surface area contributed by atoms with Crippen molar-refractivity contribution in [1.82, 2.24) is 9.97 Å². The topological polar surface area (TPSA) is 101 Å². The normalized spacial score (nSPS) is 12.1. The second-order valence-electron chi connectivity index (χ2n) is 5.23. The van der Waals surface area contributed by atoms with Gasteiger partial charge in [0.15, 0.2) is 5.16 Å². The number of nitro groups is 1. The summed E-state index contributed by atoms with van der Waals surface area (Å²) >= 11 is 1.22. The molecular formula is C16H13FN4O3S. The van der Waals surface area contributed by atoms with Gasteiger partial charge in [0.1, 0.15) is 0 Å². The third kappa shape index (κ3) is 3.77. The number of aromatic nitrogens is 2. The summed E-state index contributed by atoms with van der Waals surface area (Å²) in [6, 6.07) is 10.7. The van der Waals surface area contributed by atoms with Crippen LogP contribution in [0.4, 0.5) is 15.8 Å². The van der Waals surface area contributed by atoms with E-state index in [9.17, 15) is 19.3 Å². The number of nitro benzene ring substituents is 1. The Morgan fingerprint density at radius 2 is 2.12 bits per heavy atom. The average Bonchev–Trinajstić information content (AvgIpc) is 2.98. The Balaban J connectivity index is 1.70. The monoisotopic (exact) mass is 360 g/mol. The number of benzene rings is 2. The van der Waals surface area contributed by atoms with Crippen LogP contribution in [0.5, 0.6) is 0 Å². The molecule has 1 aromatic heterocycles. The van der Waals surface area contributed by atoms with Crippen molar-refractivity contribution in [3.05, 3.63) is 58.4 Å². The van der Waals surface area contributed by atoms with Crippen molar-refractivity contribution in [3.63, 3.8) is 0 Å². The zero-order chi connectivity index (χ0) is 18.0. The van der Waals surface area contributed by atoms with E-state index in [0.717, 1.165) is 23.2 Å². The number of anilines is 1. The third-order valence-electron chi connectivity index (χ3n) is 3.44. The first-order valence-corrected chi connectivity index (χ1v) is 8.18. The molecule has 1 amide bonds. The van der Waals surface area contributed by atoms with Crippen molar-refractivity contribution in [2.24, 2.45) is 0 Å². The van der Waals surface area contributed by atoms with Gasteiger partial charge in [-0.25, -0.2) is 4.98 Å². The van der Waals surface area contributed by atoms with E-state index >= 15 is 0 Å². The van der Waals surface area contributed by atoms with E-state index in [4.69, 9.17) is 0 Å². The summed E-state index contributed by atoms with van der Waals surface area (Å²) in [6.45, 7) is 1.69. The van der Waals surface area contributed by atoms with Gasteiger partial charge in [0.2, 0.25) is 11.7 Å². The Kier molecular flexibility index (Phi) is 4.66. The molecule has 3 aromatic rings. The van der Waals surface area contributed by atoms with Gasteiger partial charge in [-0.05, 0) is 31.2 Å². The van der Waals surface area contributed by atoms with Crippen LogP contribution in [0.2, 0.25) is 0 Å². The van der Waals surface area contributed by atoms with Crippen LogP contribution in [0.25, 0.3) is 11.0 Å². The van der Waals surface area contributed by atoms with Crippen LogP contribution in [0.3, 0.4) is 0 Å². The smallest absolute Gasteiger partial charge is 0.306 e. The summed E-state index contributed by atoms with van der Waals surface area (Å²) in [4.78, 5) is 29.7. The molecule has 25 heavy (non-hydrogen) atoms. The average molecular weight is 360 g/mol. The molecule has 0 aliphatic carbocycles. The maximum atomic E-state index is 13.3. The molecule has 1 atom stereocenters. The molecule has 2 aromatic carbocycles. The minimum Gasteiger partial charge on any atom is -0.333 e. The fraction of sp³-hybridized carbons (Fsp3) is 0.125. The number of imidazole rings is 1. The molecule has 0 aliphatic rings. The van der Waals surface area contributed by atoms with Crippen molar-refractivity contribution >= 4 is 40.1 Å². The lowest BCUT2D eigenvalue weighted by Crippen LogP contribution is -2.22. The van der Waals surface area contributed by atoms with E-state index in [2.05, 4.69) is 15.3 Å². The Morgan fingerprint density at radius 3 is 2.84 bits per heavy atom. The number of nitrogens with one attached hydrogen (secondary N) is 2.